The molecule has 262 valence electrons. The van der Waals surface area contributed by atoms with E-state index in [-0.39, 0.29) is 48.9 Å². The summed E-state index contributed by atoms with van der Waals surface area (Å²) in [4.78, 5) is 51.2. The lowest BCUT2D eigenvalue weighted by Gasteiger charge is -2.25. The fourth-order valence-electron chi connectivity index (χ4n) is 5.58. The summed E-state index contributed by atoms with van der Waals surface area (Å²) in [6.07, 6.45) is 0.353. The van der Waals surface area contributed by atoms with Crippen molar-refractivity contribution in [1.29, 1.82) is 0 Å². The summed E-state index contributed by atoms with van der Waals surface area (Å²) in [5.41, 5.74) is 9.67. The Kier molecular flexibility index (Phi) is 12.2. The van der Waals surface area contributed by atoms with E-state index in [1.54, 1.807) is 13.8 Å². The highest BCUT2D eigenvalue weighted by Crippen LogP contribution is 2.44. The third-order valence-corrected chi connectivity index (χ3v) is 8.40. The number of amides is 5. The quantitative estimate of drug-likeness (QED) is 0.102. The minimum atomic E-state index is -3.94. The van der Waals surface area contributed by atoms with Crippen LogP contribution < -0.4 is 31.2 Å². The molecular weight excluding hydrogens is 654 g/mol. The van der Waals surface area contributed by atoms with Gasteiger partial charge in [0, 0.05) is 29.8 Å². The maximum atomic E-state index is 13.5. The van der Waals surface area contributed by atoms with Crippen LogP contribution in [0.2, 0.25) is 0 Å². The molecule has 5 amide bonds. The normalized spacial score (nSPS) is 13.4. The molecule has 4 rings (SSSR count). The van der Waals surface area contributed by atoms with Crippen LogP contribution in [0.4, 0.5) is 15.3 Å². The molecule has 0 spiro atoms. The number of rotatable bonds is 15. The lowest BCUT2D eigenvalue weighted by molar-refractivity contribution is -0.128. The molecule has 7 N–H and O–H groups in total. The van der Waals surface area contributed by atoms with Gasteiger partial charge in [0.1, 0.15) is 24.4 Å². The van der Waals surface area contributed by atoms with Crippen LogP contribution in [0, 0.1) is 5.92 Å². The van der Waals surface area contributed by atoms with Gasteiger partial charge in [-0.25, -0.2) is 9.59 Å². The number of aliphatic hydroxyl groups excluding tert-OH is 1. The minimum absolute atomic E-state index is 0.0459. The van der Waals surface area contributed by atoms with E-state index in [0.29, 0.717) is 0 Å². The third-order valence-electron chi connectivity index (χ3n) is 7.91. The van der Waals surface area contributed by atoms with Gasteiger partial charge in [0.25, 0.3) is 0 Å². The van der Waals surface area contributed by atoms with Gasteiger partial charge < -0.3 is 41.0 Å². The molecule has 1 aliphatic carbocycles. The topological polar surface area (TPSA) is 215 Å². The van der Waals surface area contributed by atoms with Gasteiger partial charge in [-0.05, 0) is 47.1 Å². The van der Waals surface area contributed by atoms with E-state index >= 15 is 0 Å². The van der Waals surface area contributed by atoms with E-state index in [4.69, 9.17) is 14.7 Å². The molecule has 1 aliphatic rings. The number of nitrogens with two attached hydrogens (primary N) is 1. The van der Waals surface area contributed by atoms with E-state index in [1.165, 1.54) is 18.2 Å². The molecule has 3 aromatic carbocycles. The van der Waals surface area contributed by atoms with E-state index in [0.717, 1.165) is 28.5 Å². The van der Waals surface area contributed by atoms with Crippen molar-refractivity contribution in [3.05, 3.63) is 83.4 Å². The van der Waals surface area contributed by atoms with Gasteiger partial charge in [-0.3, -0.25) is 9.59 Å². The first-order chi connectivity index (χ1) is 23.3. The van der Waals surface area contributed by atoms with Gasteiger partial charge in [0.05, 0.1) is 12.9 Å². The lowest BCUT2D eigenvalue weighted by Crippen LogP contribution is -2.54. The van der Waals surface area contributed by atoms with E-state index in [2.05, 4.69) is 21.3 Å². The van der Waals surface area contributed by atoms with Crippen LogP contribution in [-0.4, -0.2) is 69.0 Å². The Morgan fingerprint density at radius 1 is 0.918 bits per heavy atom. The minimum Gasteiger partial charge on any atom is -0.449 e. The number of benzene rings is 3. The number of carbonyl (C=O) groups is 4. The fraction of sp³-hybridized carbons (Fsp3) is 0.353. The second-order valence-electron chi connectivity index (χ2n) is 11.9. The Balaban J connectivity index is 1.44. The van der Waals surface area contributed by atoms with E-state index in [1.807, 2.05) is 48.5 Å². The van der Waals surface area contributed by atoms with Gasteiger partial charge >= 0.3 is 22.2 Å². The summed E-state index contributed by atoms with van der Waals surface area (Å²) in [5, 5.41) is 19.9. The van der Waals surface area contributed by atoms with Crippen molar-refractivity contribution in [2.75, 3.05) is 24.7 Å². The maximum Gasteiger partial charge on any atom is 0.407 e. The summed E-state index contributed by atoms with van der Waals surface area (Å²) in [6.45, 7) is 3.11. The molecule has 0 fully saturated rings. The molecule has 0 bridgehead atoms. The van der Waals surface area contributed by atoms with Crippen molar-refractivity contribution in [2.24, 2.45) is 11.7 Å². The number of ether oxygens (including phenoxy) is 1. The lowest BCUT2D eigenvalue weighted by atomic mass is 9.98. The standard InChI is InChI=1S/C34H41N5O9S/c1-20(2)30(39-34(44)47-19-27-25-11-6-4-9-23(25)24-10-5-7-12-26(24)27)32(42)38-28(13-8-16-36-33(35)43)31(41)37-22-15-14-21(18-40)29(17-22)48-49(3,45)46/h4-7,9-12,14-15,17,20,27-28,30,40H,8,13,16,18-19H2,1-3H3,(H,37,41)(H,38,42)(H,39,44)(H3,35,36,43)/t28-,30-/m0/s1. The van der Waals surface area contributed by atoms with Crippen molar-refractivity contribution in [1.82, 2.24) is 16.0 Å². The predicted octanol–water partition coefficient (Wildman–Crippen LogP) is 2.95. The van der Waals surface area contributed by atoms with Crippen LogP contribution in [0.5, 0.6) is 5.75 Å². The van der Waals surface area contributed by atoms with Gasteiger partial charge in [-0.15, -0.1) is 0 Å². The maximum absolute atomic E-state index is 13.5. The summed E-state index contributed by atoms with van der Waals surface area (Å²) >= 11 is 0. The summed E-state index contributed by atoms with van der Waals surface area (Å²) in [6, 6.07) is 16.9. The number of hydrogen-bond acceptors (Lipinski definition) is 9. The number of primary amides is 1. The highest BCUT2D eigenvalue weighted by Gasteiger charge is 2.32. The Bertz CT molecular complexity index is 1750. The third kappa shape index (κ3) is 9.93. The van der Waals surface area contributed by atoms with Crippen LogP contribution in [-0.2, 0) is 31.1 Å². The van der Waals surface area contributed by atoms with Crippen molar-refractivity contribution in [3.63, 3.8) is 0 Å². The Labute approximate surface area is 284 Å². The number of carbonyl (C=O) groups excluding carboxylic acids is 4. The smallest absolute Gasteiger partial charge is 0.407 e. The molecule has 14 nitrogen and oxygen atoms in total. The van der Waals surface area contributed by atoms with Crippen LogP contribution in [0.15, 0.2) is 66.7 Å². The fourth-order valence-corrected chi connectivity index (χ4v) is 6.06. The number of alkyl carbamates (subject to hydrolysis) is 1. The van der Waals surface area contributed by atoms with Crippen molar-refractivity contribution in [2.45, 2.75) is 51.3 Å². The number of urea groups is 1. The molecule has 0 saturated carbocycles. The second kappa shape index (κ2) is 16.3. The van der Waals surface area contributed by atoms with Crippen molar-refractivity contribution in [3.8, 4) is 16.9 Å². The molecule has 0 radical (unpaired) electrons. The first kappa shape index (κ1) is 36.7. The molecule has 0 aromatic heterocycles. The first-order valence-corrected chi connectivity index (χ1v) is 17.5. The number of anilines is 1. The molecule has 15 heteroatoms. The van der Waals surface area contributed by atoms with Crippen LogP contribution in [0.3, 0.4) is 0 Å². The van der Waals surface area contributed by atoms with Crippen LogP contribution in [0.25, 0.3) is 11.1 Å². The van der Waals surface area contributed by atoms with Crippen LogP contribution >= 0.6 is 0 Å². The second-order valence-corrected chi connectivity index (χ2v) is 13.5. The summed E-state index contributed by atoms with van der Waals surface area (Å²) < 4.78 is 34.0. The van der Waals surface area contributed by atoms with Gasteiger partial charge in [0.2, 0.25) is 11.8 Å². The molecule has 3 aromatic rings. The highest BCUT2D eigenvalue weighted by atomic mass is 32.2. The van der Waals surface area contributed by atoms with Crippen LogP contribution in [0.1, 0.15) is 49.3 Å². The zero-order valence-electron chi connectivity index (χ0n) is 27.4. The average Bonchev–Trinajstić information content (AvgIpc) is 3.36. The monoisotopic (exact) mass is 695 g/mol. The van der Waals surface area contributed by atoms with Gasteiger partial charge in [-0.1, -0.05) is 68.4 Å². The predicted molar refractivity (Wildman–Crippen MR) is 182 cm³/mol. The summed E-state index contributed by atoms with van der Waals surface area (Å²) in [7, 11) is -3.94. The first-order valence-electron chi connectivity index (χ1n) is 15.7. The summed E-state index contributed by atoms with van der Waals surface area (Å²) in [5.74, 6) is -2.08. The Hall–Kier alpha value is -5.15. The average molecular weight is 696 g/mol. The highest BCUT2D eigenvalue weighted by molar-refractivity contribution is 7.86. The molecule has 0 heterocycles. The zero-order chi connectivity index (χ0) is 35.7. The van der Waals surface area contributed by atoms with Crippen molar-refractivity contribution < 1.29 is 41.6 Å². The Morgan fingerprint density at radius 2 is 1.55 bits per heavy atom. The molecule has 0 aliphatic heterocycles. The molecule has 0 unspecified atom stereocenters. The number of aliphatic hydroxyl groups is 1. The number of hydrogen-bond donors (Lipinski definition) is 6. The zero-order valence-corrected chi connectivity index (χ0v) is 28.2. The molecule has 0 saturated heterocycles. The van der Waals surface area contributed by atoms with E-state index < -0.39 is 58.7 Å². The molecule has 49 heavy (non-hydrogen) atoms. The van der Waals surface area contributed by atoms with Crippen molar-refractivity contribution >= 4 is 39.7 Å². The van der Waals surface area contributed by atoms with Gasteiger partial charge in [0.15, 0.2) is 0 Å². The molecule has 2 atom stereocenters. The SMILES string of the molecule is CC(C)[C@H](NC(=O)OCC1c2ccccc2-c2ccccc21)C(=O)N[C@@H](CCCNC(N)=O)C(=O)Nc1ccc(CO)c(OS(C)(=O)=O)c1. The van der Waals surface area contributed by atoms with Gasteiger partial charge in [-0.2, -0.15) is 8.42 Å². The number of fused-ring (bicyclic) bond motifs is 3. The molecular formula is C34H41N5O9S. The Morgan fingerprint density at radius 3 is 2.12 bits per heavy atom. The van der Waals surface area contributed by atoms with E-state index in [9.17, 15) is 32.7 Å². The largest absolute Gasteiger partial charge is 0.449 e. The number of nitrogens with one attached hydrogen (secondary N) is 4.